The first-order valence-corrected chi connectivity index (χ1v) is 6.36. The maximum atomic E-state index is 10.2. The Labute approximate surface area is 127 Å². The lowest BCUT2D eigenvalue weighted by atomic mass is 10.2. The van der Waals surface area contributed by atoms with E-state index in [1.165, 1.54) is 13.2 Å². The molecule has 0 amide bonds. The number of methoxy groups -OCH3 is 1. The van der Waals surface area contributed by atoms with E-state index >= 15 is 0 Å². The van der Waals surface area contributed by atoms with Gasteiger partial charge in [-0.25, -0.2) is 0 Å². The standard InChI is InChI=1S/C16H14N2O4/c1-21-16-8-13(4-7-15(16)20)10-18-17-9-12-2-5-14(6-3-12)22-11-19/h2-11,20H,1H3/b17-9+,18-10+. The van der Waals surface area contributed by atoms with Crippen molar-refractivity contribution in [2.75, 3.05) is 7.11 Å². The van der Waals surface area contributed by atoms with Crippen molar-refractivity contribution in [2.45, 2.75) is 0 Å². The van der Waals surface area contributed by atoms with Crippen LogP contribution in [0.5, 0.6) is 17.2 Å². The van der Waals surface area contributed by atoms with Crippen molar-refractivity contribution in [1.82, 2.24) is 0 Å². The zero-order chi connectivity index (χ0) is 15.8. The Morgan fingerprint density at radius 1 is 1.00 bits per heavy atom. The van der Waals surface area contributed by atoms with Gasteiger partial charge in [-0.05, 0) is 53.6 Å². The molecule has 112 valence electrons. The van der Waals surface area contributed by atoms with E-state index in [0.717, 1.165) is 11.1 Å². The second kappa shape index (κ2) is 7.58. The van der Waals surface area contributed by atoms with Crippen LogP contribution >= 0.6 is 0 Å². The van der Waals surface area contributed by atoms with Gasteiger partial charge in [0, 0.05) is 0 Å². The predicted octanol–water partition coefficient (Wildman–Crippen LogP) is 2.39. The highest BCUT2D eigenvalue weighted by Gasteiger charge is 2.00. The molecule has 0 atom stereocenters. The minimum Gasteiger partial charge on any atom is -0.504 e. The Balaban J connectivity index is 2.00. The Bertz CT molecular complexity index is 694. The van der Waals surface area contributed by atoms with Crippen LogP contribution in [0.4, 0.5) is 0 Å². The van der Waals surface area contributed by atoms with E-state index in [9.17, 15) is 9.90 Å². The molecule has 2 rings (SSSR count). The molecular weight excluding hydrogens is 284 g/mol. The Morgan fingerprint density at radius 3 is 2.27 bits per heavy atom. The summed E-state index contributed by atoms with van der Waals surface area (Å²) in [5.74, 6) is 0.909. The van der Waals surface area contributed by atoms with Crippen molar-refractivity contribution in [2.24, 2.45) is 10.2 Å². The van der Waals surface area contributed by atoms with Gasteiger partial charge in [-0.15, -0.1) is 0 Å². The summed E-state index contributed by atoms with van der Waals surface area (Å²) in [4.78, 5) is 10.2. The number of benzene rings is 2. The third-order valence-corrected chi connectivity index (χ3v) is 2.75. The molecule has 0 bridgehead atoms. The van der Waals surface area contributed by atoms with Crippen LogP contribution in [-0.4, -0.2) is 31.1 Å². The van der Waals surface area contributed by atoms with Gasteiger partial charge in [0.2, 0.25) is 0 Å². The summed E-state index contributed by atoms with van der Waals surface area (Å²) in [5, 5.41) is 17.3. The van der Waals surface area contributed by atoms with Gasteiger partial charge < -0.3 is 14.6 Å². The molecule has 0 heterocycles. The lowest BCUT2D eigenvalue weighted by Crippen LogP contribution is -1.88. The van der Waals surface area contributed by atoms with E-state index in [0.29, 0.717) is 18.0 Å². The van der Waals surface area contributed by atoms with Gasteiger partial charge in [-0.1, -0.05) is 0 Å². The maximum Gasteiger partial charge on any atom is 0.298 e. The summed E-state index contributed by atoms with van der Waals surface area (Å²) in [6, 6.07) is 11.7. The van der Waals surface area contributed by atoms with E-state index in [4.69, 9.17) is 4.74 Å². The number of ether oxygens (including phenoxy) is 2. The number of phenolic OH excluding ortho intramolecular Hbond substituents is 1. The van der Waals surface area contributed by atoms with Crippen molar-refractivity contribution in [3.05, 3.63) is 53.6 Å². The molecule has 0 aliphatic heterocycles. The summed E-state index contributed by atoms with van der Waals surface area (Å²) in [6.45, 7) is 0.374. The van der Waals surface area contributed by atoms with Crippen molar-refractivity contribution >= 4 is 18.9 Å². The molecule has 6 nitrogen and oxygen atoms in total. The first kappa shape index (κ1) is 15.2. The minimum absolute atomic E-state index is 0.0702. The number of hydrogen-bond acceptors (Lipinski definition) is 6. The molecule has 0 aromatic heterocycles. The molecular formula is C16H14N2O4. The predicted molar refractivity (Wildman–Crippen MR) is 83.0 cm³/mol. The van der Waals surface area contributed by atoms with Crippen LogP contribution in [0.25, 0.3) is 0 Å². The van der Waals surface area contributed by atoms with Crippen LogP contribution in [0.15, 0.2) is 52.7 Å². The number of nitrogens with zero attached hydrogens (tertiary/aromatic N) is 2. The zero-order valence-electron chi connectivity index (χ0n) is 11.8. The smallest absolute Gasteiger partial charge is 0.298 e. The lowest BCUT2D eigenvalue weighted by Gasteiger charge is -2.02. The number of aromatic hydroxyl groups is 1. The lowest BCUT2D eigenvalue weighted by molar-refractivity contribution is -0.120. The molecule has 0 fully saturated rings. The number of carbonyl (C=O) groups is 1. The molecule has 0 unspecified atom stereocenters. The van der Waals surface area contributed by atoms with E-state index in [2.05, 4.69) is 14.9 Å². The second-order valence-corrected chi connectivity index (χ2v) is 4.20. The molecule has 0 radical (unpaired) electrons. The third-order valence-electron chi connectivity index (χ3n) is 2.75. The van der Waals surface area contributed by atoms with Crippen molar-refractivity contribution in [3.8, 4) is 17.2 Å². The highest BCUT2D eigenvalue weighted by atomic mass is 16.5. The van der Waals surface area contributed by atoms with Gasteiger partial charge in [0.25, 0.3) is 6.47 Å². The van der Waals surface area contributed by atoms with E-state index < -0.39 is 0 Å². The van der Waals surface area contributed by atoms with Gasteiger partial charge in [0.05, 0.1) is 19.5 Å². The van der Waals surface area contributed by atoms with Gasteiger partial charge in [0.15, 0.2) is 11.5 Å². The van der Waals surface area contributed by atoms with Crippen LogP contribution in [0.3, 0.4) is 0 Å². The summed E-state index contributed by atoms with van der Waals surface area (Å²) < 4.78 is 9.69. The van der Waals surface area contributed by atoms with Gasteiger partial charge in [-0.2, -0.15) is 10.2 Å². The fourth-order valence-corrected chi connectivity index (χ4v) is 1.66. The quantitative estimate of drug-likeness (QED) is 0.504. The molecule has 1 N–H and O–H groups in total. The normalized spacial score (nSPS) is 11.0. The Kier molecular flexibility index (Phi) is 5.25. The van der Waals surface area contributed by atoms with Crippen LogP contribution in [0.2, 0.25) is 0 Å². The minimum atomic E-state index is 0.0702. The molecule has 0 spiro atoms. The van der Waals surface area contributed by atoms with Crippen molar-refractivity contribution in [1.29, 1.82) is 0 Å². The van der Waals surface area contributed by atoms with Gasteiger partial charge >= 0.3 is 0 Å². The average Bonchev–Trinajstić information content (AvgIpc) is 2.55. The monoisotopic (exact) mass is 298 g/mol. The highest BCUT2D eigenvalue weighted by Crippen LogP contribution is 2.25. The molecule has 0 saturated heterocycles. The van der Waals surface area contributed by atoms with Crippen LogP contribution < -0.4 is 9.47 Å². The number of phenols is 1. The molecule has 0 saturated carbocycles. The summed E-state index contributed by atoms with van der Waals surface area (Å²) in [7, 11) is 1.48. The molecule has 6 heteroatoms. The van der Waals surface area contributed by atoms with E-state index in [1.807, 2.05) is 0 Å². The summed E-state index contributed by atoms with van der Waals surface area (Å²) in [5.41, 5.74) is 1.57. The Hall–Kier alpha value is -3.15. The van der Waals surface area contributed by atoms with E-state index in [-0.39, 0.29) is 5.75 Å². The highest BCUT2D eigenvalue weighted by molar-refractivity contribution is 5.83. The number of carbonyl (C=O) groups excluding carboxylic acids is 1. The second-order valence-electron chi connectivity index (χ2n) is 4.20. The maximum absolute atomic E-state index is 10.2. The molecule has 0 aliphatic rings. The topological polar surface area (TPSA) is 80.5 Å². The summed E-state index contributed by atoms with van der Waals surface area (Å²) in [6.07, 6.45) is 3.11. The van der Waals surface area contributed by atoms with Gasteiger partial charge in [-0.3, -0.25) is 4.79 Å². The van der Waals surface area contributed by atoms with Gasteiger partial charge in [0.1, 0.15) is 5.75 Å². The van der Waals surface area contributed by atoms with Crippen molar-refractivity contribution < 1.29 is 19.4 Å². The number of hydrogen-bond donors (Lipinski definition) is 1. The largest absolute Gasteiger partial charge is 0.504 e. The first-order chi connectivity index (χ1) is 10.7. The molecule has 22 heavy (non-hydrogen) atoms. The fourth-order valence-electron chi connectivity index (χ4n) is 1.66. The van der Waals surface area contributed by atoms with Crippen molar-refractivity contribution in [3.63, 3.8) is 0 Å². The van der Waals surface area contributed by atoms with Crippen LogP contribution in [0, 0.1) is 0 Å². The average molecular weight is 298 g/mol. The molecule has 0 aliphatic carbocycles. The summed E-state index contributed by atoms with van der Waals surface area (Å²) >= 11 is 0. The molecule has 2 aromatic rings. The fraction of sp³-hybridized carbons (Fsp3) is 0.0625. The number of rotatable bonds is 6. The molecule has 2 aromatic carbocycles. The first-order valence-electron chi connectivity index (χ1n) is 6.36. The Morgan fingerprint density at radius 2 is 1.64 bits per heavy atom. The van der Waals surface area contributed by atoms with E-state index in [1.54, 1.807) is 48.8 Å². The van der Waals surface area contributed by atoms with Crippen LogP contribution in [-0.2, 0) is 4.79 Å². The zero-order valence-corrected chi connectivity index (χ0v) is 11.8. The van der Waals surface area contributed by atoms with Crippen LogP contribution in [0.1, 0.15) is 11.1 Å². The third kappa shape index (κ3) is 4.17. The SMILES string of the molecule is COc1cc(/C=N/N=C/c2ccc(OC=O)cc2)ccc1O.